The van der Waals surface area contributed by atoms with Gasteiger partial charge in [-0.25, -0.2) is 4.79 Å². The minimum Gasteiger partial charge on any atom is -0.478 e. The number of hydrogen-bond donors (Lipinski definition) is 2. The molecule has 0 saturated carbocycles. The van der Waals surface area contributed by atoms with Gasteiger partial charge in [-0.2, -0.15) is 0 Å². The SMILES string of the molecule is CNc1ccccc1C(=O)O.[Ni]. The van der Waals surface area contributed by atoms with Crippen molar-refractivity contribution in [2.45, 2.75) is 0 Å². The summed E-state index contributed by atoms with van der Waals surface area (Å²) in [5, 5.41) is 11.5. The summed E-state index contributed by atoms with van der Waals surface area (Å²) < 4.78 is 0. The summed E-state index contributed by atoms with van der Waals surface area (Å²) in [6, 6.07) is 6.78. The minimum atomic E-state index is -0.907. The molecular formula is C8H9NNiO2. The first-order valence-corrected chi connectivity index (χ1v) is 3.26. The number of rotatable bonds is 2. The van der Waals surface area contributed by atoms with Crippen molar-refractivity contribution in [1.82, 2.24) is 0 Å². The molecule has 0 aliphatic heterocycles. The van der Waals surface area contributed by atoms with Crippen LogP contribution in [0.3, 0.4) is 0 Å². The third-order valence-electron chi connectivity index (χ3n) is 1.43. The number of nitrogens with one attached hydrogen (secondary N) is 1. The molecule has 1 aromatic rings. The molecule has 0 saturated heterocycles. The summed E-state index contributed by atoms with van der Waals surface area (Å²) >= 11 is 0. The number of carboxylic acid groups (broad SMARTS) is 1. The molecule has 1 rings (SSSR count). The molecule has 0 amide bonds. The van der Waals surface area contributed by atoms with Gasteiger partial charge in [-0.05, 0) is 12.1 Å². The van der Waals surface area contributed by atoms with E-state index in [1.807, 2.05) is 0 Å². The van der Waals surface area contributed by atoms with Gasteiger partial charge in [0.1, 0.15) is 0 Å². The zero-order chi connectivity index (χ0) is 8.27. The van der Waals surface area contributed by atoms with E-state index < -0.39 is 5.97 Å². The Morgan fingerprint density at radius 2 is 2.00 bits per heavy atom. The molecule has 4 heteroatoms. The Labute approximate surface area is 80.7 Å². The maximum atomic E-state index is 10.5. The van der Waals surface area contributed by atoms with Crippen molar-refractivity contribution in [3.8, 4) is 0 Å². The van der Waals surface area contributed by atoms with Gasteiger partial charge in [-0.15, -0.1) is 0 Å². The number of aromatic carboxylic acids is 1. The van der Waals surface area contributed by atoms with Crippen molar-refractivity contribution < 1.29 is 26.4 Å². The summed E-state index contributed by atoms with van der Waals surface area (Å²) in [5.41, 5.74) is 0.940. The molecule has 0 aromatic heterocycles. The zero-order valence-corrected chi connectivity index (χ0v) is 7.47. The molecule has 0 aliphatic carbocycles. The van der Waals surface area contributed by atoms with Gasteiger partial charge in [0.15, 0.2) is 0 Å². The van der Waals surface area contributed by atoms with Gasteiger partial charge in [0.2, 0.25) is 0 Å². The van der Waals surface area contributed by atoms with Crippen LogP contribution in [0.5, 0.6) is 0 Å². The molecule has 0 unspecified atom stereocenters. The van der Waals surface area contributed by atoms with Crippen LogP contribution >= 0.6 is 0 Å². The number of carboxylic acids is 1. The molecule has 0 aliphatic rings. The average Bonchev–Trinajstić information content (AvgIpc) is 2.04. The van der Waals surface area contributed by atoms with Crippen molar-refractivity contribution in [1.29, 1.82) is 0 Å². The van der Waals surface area contributed by atoms with Crippen LogP contribution < -0.4 is 5.32 Å². The number of carbonyl (C=O) groups is 1. The maximum absolute atomic E-state index is 10.5. The van der Waals surface area contributed by atoms with E-state index in [4.69, 9.17) is 5.11 Å². The van der Waals surface area contributed by atoms with Crippen molar-refractivity contribution in [2.75, 3.05) is 12.4 Å². The molecule has 0 bridgehead atoms. The molecule has 0 spiro atoms. The second-order valence-electron chi connectivity index (χ2n) is 2.10. The summed E-state index contributed by atoms with van der Waals surface area (Å²) in [6.45, 7) is 0. The largest absolute Gasteiger partial charge is 0.478 e. The maximum Gasteiger partial charge on any atom is 0.337 e. The molecule has 1 aromatic carbocycles. The quantitative estimate of drug-likeness (QED) is 0.725. The monoisotopic (exact) mass is 209 g/mol. The first-order chi connectivity index (χ1) is 5.25. The second-order valence-corrected chi connectivity index (χ2v) is 2.10. The number of para-hydroxylation sites is 1. The predicted octanol–water partition coefficient (Wildman–Crippen LogP) is 1.42. The van der Waals surface area contributed by atoms with Gasteiger partial charge in [-0.1, -0.05) is 12.1 Å². The van der Waals surface area contributed by atoms with Gasteiger partial charge in [0, 0.05) is 29.2 Å². The van der Waals surface area contributed by atoms with Gasteiger partial charge < -0.3 is 10.4 Å². The summed E-state index contributed by atoms with van der Waals surface area (Å²) in [6.07, 6.45) is 0. The Kier molecular flexibility index (Phi) is 4.37. The third kappa shape index (κ3) is 2.24. The van der Waals surface area contributed by atoms with Crippen LogP contribution in [-0.2, 0) is 16.5 Å². The molecule has 0 fully saturated rings. The van der Waals surface area contributed by atoms with E-state index in [-0.39, 0.29) is 16.5 Å². The van der Waals surface area contributed by atoms with Crippen LogP contribution in [0.2, 0.25) is 0 Å². The minimum absolute atomic E-state index is 0. The zero-order valence-electron chi connectivity index (χ0n) is 6.48. The van der Waals surface area contributed by atoms with Gasteiger partial charge in [0.05, 0.1) is 5.56 Å². The normalized spacial score (nSPS) is 8.42. The average molecular weight is 210 g/mol. The van der Waals surface area contributed by atoms with E-state index in [2.05, 4.69) is 5.32 Å². The topological polar surface area (TPSA) is 49.3 Å². The number of benzene rings is 1. The number of anilines is 1. The predicted molar refractivity (Wildman–Crippen MR) is 42.9 cm³/mol. The second kappa shape index (κ2) is 4.78. The molecule has 0 atom stereocenters. The number of hydrogen-bond acceptors (Lipinski definition) is 2. The van der Waals surface area contributed by atoms with Crippen molar-refractivity contribution in [3.63, 3.8) is 0 Å². The molecule has 0 radical (unpaired) electrons. The smallest absolute Gasteiger partial charge is 0.337 e. The van der Waals surface area contributed by atoms with E-state index in [0.29, 0.717) is 11.3 Å². The molecule has 3 nitrogen and oxygen atoms in total. The van der Waals surface area contributed by atoms with Gasteiger partial charge in [-0.3, -0.25) is 0 Å². The Bertz CT molecular complexity index is 276. The van der Waals surface area contributed by atoms with E-state index in [0.717, 1.165) is 0 Å². The molecule has 12 heavy (non-hydrogen) atoms. The summed E-state index contributed by atoms with van der Waals surface area (Å²) in [5.74, 6) is -0.907. The van der Waals surface area contributed by atoms with E-state index in [1.54, 1.807) is 31.3 Å². The summed E-state index contributed by atoms with van der Waals surface area (Å²) in [7, 11) is 1.70. The van der Waals surface area contributed by atoms with E-state index >= 15 is 0 Å². The van der Waals surface area contributed by atoms with Crippen LogP contribution in [0.15, 0.2) is 24.3 Å². The van der Waals surface area contributed by atoms with Crippen LogP contribution in [-0.4, -0.2) is 18.1 Å². The molecular weight excluding hydrogens is 201 g/mol. The Balaban J connectivity index is 0.00000121. The van der Waals surface area contributed by atoms with Crippen molar-refractivity contribution >= 4 is 11.7 Å². The first kappa shape index (κ1) is 11.0. The van der Waals surface area contributed by atoms with Crippen molar-refractivity contribution in [2.24, 2.45) is 0 Å². The van der Waals surface area contributed by atoms with Crippen LogP contribution in [0, 0.1) is 0 Å². The van der Waals surface area contributed by atoms with Gasteiger partial charge in [0.25, 0.3) is 0 Å². The Morgan fingerprint density at radius 1 is 1.42 bits per heavy atom. The fraction of sp³-hybridized carbons (Fsp3) is 0.125. The Hall–Kier alpha value is -1.02. The van der Waals surface area contributed by atoms with E-state index in [9.17, 15) is 4.79 Å². The van der Waals surface area contributed by atoms with Crippen molar-refractivity contribution in [3.05, 3.63) is 29.8 Å². The van der Waals surface area contributed by atoms with E-state index in [1.165, 1.54) is 0 Å². The molecule has 0 heterocycles. The van der Waals surface area contributed by atoms with Gasteiger partial charge >= 0.3 is 5.97 Å². The Morgan fingerprint density at radius 3 is 2.42 bits per heavy atom. The molecule has 2 N–H and O–H groups in total. The third-order valence-corrected chi connectivity index (χ3v) is 1.43. The molecule has 68 valence electrons. The van der Waals surface area contributed by atoms with Crippen LogP contribution in [0.1, 0.15) is 10.4 Å². The standard InChI is InChI=1S/C8H9NO2.Ni/c1-9-7-5-3-2-4-6(7)8(10)11;/h2-5,9H,1H3,(H,10,11);. The van der Waals surface area contributed by atoms with Crippen LogP contribution in [0.4, 0.5) is 5.69 Å². The fourth-order valence-electron chi connectivity index (χ4n) is 0.888. The van der Waals surface area contributed by atoms with Crippen LogP contribution in [0.25, 0.3) is 0 Å². The fourth-order valence-corrected chi connectivity index (χ4v) is 0.888. The first-order valence-electron chi connectivity index (χ1n) is 3.26. The summed E-state index contributed by atoms with van der Waals surface area (Å²) in [4.78, 5) is 10.5.